The van der Waals surface area contributed by atoms with E-state index in [-0.39, 0.29) is 43.5 Å². The summed E-state index contributed by atoms with van der Waals surface area (Å²) in [4.78, 5) is 12.4. The molecule has 1 unspecified atom stereocenters. The van der Waals surface area contributed by atoms with E-state index in [4.69, 9.17) is 18.9 Å². The van der Waals surface area contributed by atoms with Gasteiger partial charge in [-0.3, -0.25) is 0 Å². The molecule has 3 aliphatic rings. The zero-order chi connectivity index (χ0) is 37.8. The molecule has 0 aromatic rings. The van der Waals surface area contributed by atoms with E-state index in [2.05, 4.69) is 57.4 Å². The highest BCUT2D eigenvalue weighted by Gasteiger charge is 2.31. The van der Waals surface area contributed by atoms with Gasteiger partial charge in [0.1, 0.15) is 13.4 Å². The van der Waals surface area contributed by atoms with Crippen molar-refractivity contribution in [1.29, 1.82) is 0 Å². The lowest BCUT2D eigenvalue weighted by Gasteiger charge is -2.38. The predicted molar refractivity (Wildman–Crippen MR) is 215 cm³/mol. The topological polar surface area (TPSA) is 74.2 Å². The van der Waals surface area contributed by atoms with Gasteiger partial charge in [-0.1, -0.05) is 90.0 Å². The molecular weight excluding hydrogens is 649 g/mol. The molecule has 1 atom stereocenters. The van der Waals surface area contributed by atoms with Gasteiger partial charge in [-0.2, -0.15) is 0 Å². The molecule has 0 bridgehead atoms. The maximum atomic E-state index is 12.4. The minimum absolute atomic E-state index is 0.0341. The van der Waals surface area contributed by atoms with E-state index >= 15 is 0 Å². The number of esters is 1. The van der Waals surface area contributed by atoms with Gasteiger partial charge in [-0.25, -0.2) is 4.79 Å². The normalized spacial score (nSPS) is 26.8. The lowest BCUT2D eigenvalue weighted by atomic mass is 9.68. The molecule has 0 amide bonds. The summed E-state index contributed by atoms with van der Waals surface area (Å²) < 4.78 is 22.1. The Morgan fingerprint density at radius 2 is 1.46 bits per heavy atom. The summed E-state index contributed by atoms with van der Waals surface area (Å²) in [5.74, 6) is 4.25. The van der Waals surface area contributed by atoms with E-state index in [0.717, 1.165) is 35.2 Å². The summed E-state index contributed by atoms with van der Waals surface area (Å²) in [7, 11) is 1.52. The third-order valence-electron chi connectivity index (χ3n) is 12.3. The molecule has 0 heterocycles. The molecule has 296 valence electrons. The average molecular weight is 725 g/mol. The van der Waals surface area contributed by atoms with Crippen molar-refractivity contribution in [3.05, 3.63) is 60.3 Å². The number of hydrogen-bond acceptors (Lipinski definition) is 6. The Balaban J connectivity index is 1.42. The Kier molecular flexibility index (Phi) is 20.9. The third kappa shape index (κ3) is 16.2. The van der Waals surface area contributed by atoms with Crippen molar-refractivity contribution in [2.45, 2.75) is 130 Å². The first kappa shape index (κ1) is 44.4. The molecule has 3 aliphatic carbocycles. The Morgan fingerprint density at radius 1 is 0.846 bits per heavy atom. The molecule has 6 heteroatoms. The van der Waals surface area contributed by atoms with Crippen molar-refractivity contribution in [1.82, 2.24) is 0 Å². The van der Waals surface area contributed by atoms with Crippen LogP contribution in [-0.2, 0) is 23.7 Å². The maximum Gasteiger partial charge on any atom is 0.335 e. The van der Waals surface area contributed by atoms with Crippen LogP contribution in [0.1, 0.15) is 130 Å². The van der Waals surface area contributed by atoms with E-state index in [1.165, 1.54) is 115 Å². The van der Waals surface area contributed by atoms with E-state index in [1.54, 1.807) is 0 Å². The quantitative estimate of drug-likeness (QED) is 0.0282. The van der Waals surface area contributed by atoms with Gasteiger partial charge in [0.15, 0.2) is 0 Å². The molecule has 6 nitrogen and oxygen atoms in total. The smallest absolute Gasteiger partial charge is 0.335 e. The first-order chi connectivity index (χ1) is 25.1. The Labute approximate surface area is 318 Å². The van der Waals surface area contributed by atoms with Gasteiger partial charge >= 0.3 is 5.97 Å². The molecule has 0 aliphatic heterocycles. The second kappa shape index (κ2) is 24.4. The molecule has 0 radical (unpaired) electrons. The molecular formula is C46H76O6. The van der Waals surface area contributed by atoms with Crippen molar-refractivity contribution >= 4 is 5.97 Å². The summed E-state index contributed by atoms with van der Waals surface area (Å²) >= 11 is 0. The number of unbranched alkanes of at least 4 members (excludes halogenated alkanes) is 2. The maximum absolute atomic E-state index is 12.4. The highest BCUT2D eigenvalue weighted by Crippen LogP contribution is 2.43. The van der Waals surface area contributed by atoms with Crippen LogP contribution in [0.15, 0.2) is 60.3 Å². The monoisotopic (exact) mass is 725 g/mol. The van der Waals surface area contributed by atoms with Crippen molar-refractivity contribution in [3.8, 4) is 0 Å². The van der Waals surface area contributed by atoms with E-state index < -0.39 is 5.97 Å². The van der Waals surface area contributed by atoms with Gasteiger partial charge in [-0.15, -0.1) is 0 Å². The second-order valence-corrected chi connectivity index (χ2v) is 17.1. The standard InChI is InChI=1S/C46H76O6/c1-8-10-11-12-37-14-16-38(17-15-37)18-19-39-20-23-42(24-21-39)43-27-25-41(26-28-43)40(9-2)22-13-35(3)44(31-52-45(48)36(4)29-49-7)30-50-34-51-33-46(5,6)32-47/h9,13,18-19,22,37-39,41-44,47H,3-4,8,10-12,14-17,20-21,23-34H2,1-2,5-7H3/b19-18+,22-13-,40-9+. The number of aliphatic hydroxyl groups is 1. The van der Waals surface area contributed by atoms with Gasteiger partial charge in [0.2, 0.25) is 0 Å². The largest absolute Gasteiger partial charge is 0.462 e. The minimum Gasteiger partial charge on any atom is -0.462 e. The average Bonchev–Trinajstić information content (AvgIpc) is 3.16. The molecule has 0 spiro atoms. The number of allylic oxidation sites excluding steroid dienone is 6. The van der Waals surface area contributed by atoms with Gasteiger partial charge in [0.05, 0.1) is 32.0 Å². The molecule has 3 fully saturated rings. The Hall–Kier alpha value is -1.99. The van der Waals surface area contributed by atoms with Crippen LogP contribution in [0.2, 0.25) is 0 Å². The first-order valence-corrected chi connectivity index (χ1v) is 20.9. The van der Waals surface area contributed by atoms with Crippen LogP contribution in [0.3, 0.4) is 0 Å². The summed E-state index contributed by atoms with van der Waals surface area (Å²) in [6, 6.07) is 0. The zero-order valence-electron chi connectivity index (χ0n) is 33.9. The fraction of sp³-hybridized carbons (Fsp3) is 0.761. The molecule has 0 aromatic heterocycles. The van der Waals surface area contributed by atoms with Crippen LogP contribution >= 0.6 is 0 Å². The van der Waals surface area contributed by atoms with Crippen LogP contribution in [0.5, 0.6) is 0 Å². The number of methoxy groups -OCH3 is 1. The number of carbonyl (C=O) groups is 1. The number of ether oxygens (including phenoxy) is 4. The number of carbonyl (C=O) groups excluding carboxylic acids is 1. The van der Waals surface area contributed by atoms with Gasteiger partial charge in [0, 0.05) is 18.4 Å². The third-order valence-corrected chi connectivity index (χ3v) is 12.3. The van der Waals surface area contributed by atoms with E-state index in [9.17, 15) is 9.90 Å². The predicted octanol–water partition coefficient (Wildman–Crippen LogP) is 11.0. The Bertz CT molecular complexity index is 1130. The molecule has 0 aromatic carbocycles. The molecule has 3 rings (SSSR count). The second-order valence-electron chi connectivity index (χ2n) is 17.1. The fourth-order valence-corrected chi connectivity index (χ4v) is 8.59. The summed E-state index contributed by atoms with van der Waals surface area (Å²) in [6.45, 7) is 17.5. The molecule has 1 N–H and O–H groups in total. The minimum atomic E-state index is -0.481. The van der Waals surface area contributed by atoms with Crippen LogP contribution < -0.4 is 0 Å². The highest BCUT2D eigenvalue weighted by molar-refractivity contribution is 5.87. The van der Waals surface area contributed by atoms with Gasteiger partial charge in [-0.05, 0) is 131 Å². The summed E-state index contributed by atoms with van der Waals surface area (Å²) in [6.07, 6.45) is 33.9. The summed E-state index contributed by atoms with van der Waals surface area (Å²) in [5.41, 5.74) is 2.14. The van der Waals surface area contributed by atoms with Crippen LogP contribution in [-0.4, -0.2) is 58.0 Å². The fourth-order valence-electron chi connectivity index (χ4n) is 8.59. The van der Waals surface area contributed by atoms with Crippen LogP contribution in [0, 0.1) is 46.8 Å². The van der Waals surface area contributed by atoms with Gasteiger partial charge < -0.3 is 24.1 Å². The number of aliphatic hydroxyl groups excluding tert-OH is 1. The zero-order valence-corrected chi connectivity index (χ0v) is 33.9. The summed E-state index contributed by atoms with van der Waals surface area (Å²) in [5, 5.41) is 9.48. The first-order valence-electron chi connectivity index (χ1n) is 20.9. The number of rotatable bonds is 23. The molecule has 3 saturated carbocycles. The van der Waals surface area contributed by atoms with E-state index in [0.29, 0.717) is 19.1 Å². The number of hydrogen-bond donors (Lipinski definition) is 1. The van der Waals surface area contributed by atoms with E-state index in [1.807, 2.05) is 13.8 Å². The molecule has 0 saturated heterocycles. The molecule has 52 heavy (non-hydrogen) atoms. The SMILES string of the molecule is C=C(COC)C(=O)OCC(COCOCC(C)(C)CO)C(=C)/C=C\C(=C/C)C1CCC(C2CCC(/C=C/C3CCC(CCCCC)CC3)CC2)CC1. The van der Waals surface area contributed by atoms with Crippen molar-refractivity contribution in [2.75, 3.05) is 46.9 Å². The van der Waals surface area contributed by atoms with Crippen molar-refractivity contribution < 1.29 is 28.8 Å². The van der Waals surface area contributed by atoms with Crippen LogP contribution in [0.4, 0.5) is 0 Å². The van der Waals surface area contributed by atoms with Crippen LogP contribution in [0.25, 0.3) is 0 Å². The van der Waals surface area contributed by atoms with Gasteiger partial charge in [0.25, 0.3) is 0 Å². The lowest BCUT2D eigenvalue weighted by Crippen LogP contribution is -2.26. The lowest BCUT2D eigenvalue weighted by molar-refractivity contribution is -0.142. The van der Waals surface area contributed by atoms with Crippen molar-refractivity contribution in [2.24, 2.45) is 46.8 Å². The highest BCUT2D eigenvalue weighted by atomic mass is 16.7. The Morgan fingerprint density at radius 3 is 2.04 bits per heavy atom. The van der Waals surface area contributed by atoms with Crippen molar-refractivity contribution in [3.63, 3.8) is 0 Å².